The summed E-state index contributed by atoms with van der Waals surface area (Å²) in [6.45, 7) is 3.38. The van der Waals surface area contributed by atoms with Crippen LogP contribution in [0.25, 0.3) is 0 Å². The van der Waals surface area contributed by atoms with Gasteiger partial charge in [-0.2, -0.15) is 0 Å². The molecule has 80 valence electrons. The Kier molecular flexibility index (Phi) is 5.07. The highest BCUT2D eigenvalue weighted by atomic mass is 32.2. The number of aryl methyl sites for hydroxylation is 1. The van der Waals surface area contributed by atoms with Crippen molar-refractivity contribution in [2.75, 3.05) is 20.3 Å². The minimum atomic E-state index is 0.351. The summed E-state index contributed by atoms with van der Waals surface area (Å²) in [6, 6.07) is 1.98. The van der Waals surface area contributed by atoms with Crippen molar-refractivity contribution in [3.63, 3.8) is 0 Å². The molecule has 0 aliphatic heterocycles. The molecule has 2 N–H and O–H groups in total. The minimum absolute atomic E-state index is 0.351. The lowest BCUT2D eigenvalue weighted by molar-refractivity contribution is 0.200. The van der Waals surface area contributed by atoms with E-state index in [9.17, 15) is 0 Å². The first-order valence-electron chi connectivity index (χ1n) is 4.61. The van der Waals surface area contributed by atoms with E-state index in [-0.39, 0.29) is 0 Å². The predicted octanol–water partition coefficient (Wildman–Crippen LogP) is 1.79. The minimum Gasteiger partial charge on any atom is -0.468 e. The molecule has 0 saturated carbocycles. The van der Waals surface area contributed by atoms with Crippen LogP contribution in [0.1, 0.15) is 11.3 Å². The molecular weight excluding hydrogens is 198 g/mol. The Balaban J connectivity index is 2.35. The second-order valence-corrected chi connectivity index (χ2v) is 4.44. The maximum absolute atomic E-state index is 5.60. The third kappa shape index (κ3) is 3.36. The van der Waals surface area contributed by atoms with Crippen molar-refractivity contribution in [1.82, 2.24) is 0 Å². The van der Waals surface area contributed by atoms with Crippen LogP contribution in [-0.2, 0) is 10.5 Å². The van der Waals surface area contributed by atoms with E-state index in [0.29, 0.717) is 18.4 Å². The summed E-state index contributed by atoms with van der Waals surface area (Å²) in [6.07, 6.45) is 1.72. The van der Waals surface area contributed by atoms with Crippen LogP contribution in [0.4, 0.5) is 0 Å². The van der Waals surface area contributed by atoms with Gasteiger partial charge >= 0.3 is 0 Å². The summed E-state index contributed by atoms with van der Waals surface area (Å²) in [7, 11) is 1.70. The molecule has 0 aromatic carbocycles. The molecule has 1 aromatic heterocycles. The van der Waals surface area contributed by atoms with Crippen molar-refractivity contribution in [2.45, 2.75) is 17.9 Å². The molecule has 1 heterocycles. The fourth-order valence-corrected chi connectivity index (χ4v) is 2.17. The maximum Gasteiger partial charge on any atom is 0.116 e. The van der Waals surface area contributed by atoms with E-state index >= 15 is 0 Å². The summed E-state index contributed by atoms with van der Waals surface area (Å²) in [5.74, 6) is 1.90. The smallest absolute Gasteiger partial charge is 0.116 e. The first kappa shape index (κ1) is 11.6. The molecule has 0 amide bonds. The Bertz CT molecular complexity index is 262. The number of thioether (sulfide) groups is 1. The van der Waals surface area contributed by atoms with E-state index in [1.165, 1.54) is 5.56 Å². The summed E-state index contributed by atoms with van der Waals surface area (Å²) < 4.78 is 10.4. The van der Waals surface area contributed by atoms with Gasteiger partial charge in [-0.05, 0) is 18.6 Å². The molecule has 0 aliphatic rings. The van der Waals surface area contributed by atoms with Gasteiger partial charge in [0.05, 0.1) is 18.6 Å². The van der Waals surface area contributed by atoms with Crippen molar-refractivity contribution in [1.29, 1.82) is 0 Å². The van der Waals surface area contributed by atoms with Gasteiger partial charge in [-0.15, -0.1) is 11.8 Å². The molecule has 1 rings (SSSR count). The summed E-state index contributed by atoms with van der Waals surface area (Å²) >= 11 is 1.77. The van der Waals surface area contributed by atoms with Crippen molar-refractivity contribution < 1.29 is 9.15 Å². The number of ether oxygens (including phenoxy) is 1. The van der Waals surface area contributed by atoms with Gasteiger partial charge in [-0.25, -0.2) is 0 Å². The van der Waals surface area contributed by atoms with Gasteiger partial charge in [0, 0.05) is 18.9 Å². The van der Waals surface area contributed by atoms with Gasteiger partial charge in [0.15, 0.2) is 0 Å². The molecule has 0 bridgehead atoms. The molecule has 0 saturated heterocycles. The van der Waals surface area contributed by atoms with E-state index in [0.717, 1.165) is 11.5 Å². The van der Waals surface area contributed by atoms with Crippen LogP contribution in [0.2, 0.25) is 0 Å². The lowest BCUT2D eigenvalue weighted by Gasteiger charge is -2.12. The first-order chi connectivity index (χ1) is 6.77. The van der Waals surface area contributed by atoms with Crippen molar-refractivity contribution in [3.8, 4) is 0 Å². The average molecular weight is 215 g/mol. The van der Waals surface area contributed by atoms with E-state index < -0.39 is 0 Å². The highest BCUT2D eigenvalue weighted by Gasteiger charge is 2.09. The monoisotopic (exact) mass is 215 g/mol. The maximum atomic E-state index is 5.60. The van der Waals surface area contributed by atoms with Crippen LogP contribution in [0, 0.1) is 6.92 Å². The quantitative estimate of drug-likeness (QED) is 0.786. The number of hydrogen-bond acceptors (Lipinski definition) is 4. The lowest BCUT2D eigenvalue weighted by Crippen LogP contribution is -2.21. The molecule has 1 unspecified atom stereocenters. The molecule has 0 aliphatic carbocycles. The summed E-state index contributed by atoms with van der Waals surface area (Å²) in [4.78, 5) is 0. The van der Waals surface area contributed by atoms with Crippen molar-refractivity contribution >= 4 is 11.8 Å². The van der Waals surface area contributed by atoms with E-state index in [4.69, 9.17) is 14.9 Å². The lowest BCUT2D eigenvalue weighted by atomic mass is 10.3. The zero-order valence-corrected chi connectivity index (χ0v) is 9.47. The highest BCUT2D eigenvalue weighted by Crippen LogP contribution is 2.20. The largest absolute Gasteiger partial charge is 0.468 e. The van der Waals surface area contributed by atoms with Gasteiger partial charge < -0.3 is 14.9 Å². The zero-order valence-electron chi connectivity index (χ0n) is 8.66. The fourth-order valence-electron chi connectivity index (χ4n) is 1.12. The number of nitrogens with two attached hydrogens (primary N) is 1. The molecule has 0 radical (unpaired) electrons. The van der Waals surface area contributed by atoms with Gasteiger partial charge in [0.25, 0.3) is 0 Å². The van der Waals surface area contributed by atoms with Crippen molar-refractivity contribution in [2.24, 2.45) is 5.73 Å². The number of methoxy groups -OCH3 is 1. The number of rotatable bonds is 6. The Morgan fingerprint density at radius 2 is 2.43 bits per heavy atom. The number of hydrogen-bond donors (Lipinski definition) is 1. The predicted molar refractivity (Wildman–Crippen MR) is 59.5 cm³/mol. The van der Waals surface area contributed by atoms with E-state index in [2.05, 4.69) is 0 Å². The van der Waals surface area contributed by atoms with Crippen LogP contribution >= 0.6 is 11.8 Å². The third-order valence-electron chi connectivity index (χ3n) is 2.03. The van der Waals surface area contributed by atoms with Crippen molar-refractivity contribution in [3.05, 3.63) is 23.7 Å². The molecule has 4 heteroatoms. The Morgan fingerprint density at radius 3 is 2.93 bits per heavy atom. The molecule has 0 spiro atoms. The van der Waals surface area contributed by atoms with Crippen LogP contribution in [0.15, 0.2) is 16.7 Å². The van der Waals surface area contributed by atoms with Crippen LogP contribution in [0.3, 0.4) is 0 Å². The third-order valence-corrected chi connectivity index (χ3v) is 3.26. The highest BCUT2D eigenvalue weighted by molar-refractivity contribution is 7.99. The molecule has 14 heavy (non-hydrogen) atoms. The SMILES string of the molecule is COCC(CN)SCc1occc1C. The van der Waals surface area contributed by atoms with Crippen LogP contribution < -0.4 is 5.73 Å². The second-order valence-electron chi connectivity index (χ2n) is 3.15. The van der Waals surface area contributed by atoms with E-state index in [1.54, 1.807) is 25.1 Å². The zero-order chi connectivity index (χ0) is 10.4. The van der Waals surface area contributed by atoms with Gasteiger partial charge in [-0.1, -0.05) is 0 Å². The molecule has 1 aromatic rings. The first-order valence-corrected chi connectivity index (χ1v) is 5.66. The fraction of sp³-hybridized carbons (Fsp3) is 0.600. The summed E-state index contributed by atoms with van der Waals surface area (Å²) in [5, 5.41) is 0.351. The second kappa shape index (κ2) is 6.11. The Morgan fingerprint density at radius 1 is 1.64 bits per heavy atom. The molecule has 3 nitrogen and oxygen atoms in total. The molecule has 1 atom stereocenters. The Labute approximate surface area is 89.0 Å². The van der Waals surface area contributed by atoms with Gasteiger partial charge in [-0.3, -0.25) is 0 Å². The van der Waals surface area contributed by atoms with Crippen LogP contribution in [0.5, 0.6) is 0 Å². The van der Waals surface area contributed by atoms with E-state index in [1.807, 2.05) is 13.0 Å². The summed E-state index contributed by atoms with van der Waals surface area (Å²) in [5.41, 5.74) is 6.80. The number of furan rings is 1. The topological polar surface area (TPSA) is 48.4 Å². The average Bonchev–Trinajstić information content (AvgIpc) is 2.59. The standard InChI is InChI=1S/C10H17NO2S/c1-8-3-4-13-10(8)7-14-9(5-11)6-12-2/h3-4,9H,5-7,11H2,1-2H3. The van der Waals surface area contributed by atoms with Crippen LogP contribution in [-0.4, -0.2) is 25.5 Å². The van der Waals surface area contributed by atoms with Gasteiger partial charge in [0.2, 0.25) is 0 Å². The van der Waals surface area contributed by atoms with Gasteiger partial charge in [0.1, 0.15) is 5.76 Å². The Hall–Kier alpha value is -0.450. The molecular formula is C10H17NO2S. The molecule has 0 fully saturated rings. The normalized spacial score (nSPS) is 13.1.